The van der Waals surface area contributed by atoms with E-state index in [0.717, 1.165) is 25.9 Å². The number of amides is 2. The van der Waals surface area contributed by atoms with Crippen molar-refractivity contribution in [2.24, 2.45) is 5.92 Å². The third-order valence-corrected chi connectivity index (χ3v) is 4.29. The molecular weight excluding hydrogens is 308 g/mol. The Hall–Kier alpha value is -1.82. The molecule has 2 amide bonds. The topological polar surface area (TPSA) is 71.8 Å². The molecule has 0 saturated carbocycles. The molecule has 1 saturated heterocycles. The van der Waals surface area contributed by atoms with Crippen LogP contribution in [0.3, 0.4) is 0 Å². The highest BCUT2D eigenvalue weighted by atomic mass is 16.5. The van der Waals surface area contributed by atoms with Gasteiger partial charge in [0.25, 0.3) is 5.91 Å². The summed E-state index contributed by atoms with van der Waals surface area (Å²) < 4.78 is 10.6. The van der Waals surface area contributed by atoms with Gasteiger partial charge in [0.1, 0.15) is 0 Å². The zero-order chi connectivity index (χ0) is 17.2. The molecule has 24 heavy (non-hydrogen) atoms. The van der Waals surface area contributed by atoms with Crippen molar-refractivity contribution in [3.63, 3.8) is 0 Å². The van der Waals surface area contributed by atoms with E-state index in [-0.39, 0.29) is 17.7 Å². The molecule has 1 aliphatic heterocycles. The average Bonchev–Trinajstić information content (AvgIpc) is 3.15. The Morgan fingerprint density at radius 1 is 1.29 bits per heavy atom. The summed E-state index contributed by atoms with van der Waals surface area (Å²) in [5.41, 5.74) is 0. The molecule has 0 unspecified atom stereocenters. The number of piperidine rings is 1. The summed E-state index contributed by atoms with van der Waals surface area (Å²) in [7, 11) is 0. The largest absolute Gasteiger partial charge is 0.459 e. The van der Waals surface area contributed by atoms with E-state index in [1.807, 2.05) is 0 Å². The minimum Gasteiger partial charge on any atom is -0.459 e. The smallest absolute Gasteiger partial charge is 0.289 e. The predicted octanol–water partition coefficient (Wildman–Crippen LogP) is 2.45. The highest BCUT2D eigenvalue weighted by Gasteiger charge is 2.28. The van der Waals surface area contributed by atoms with Crippen LogP contribution >= 0.6 is 0 Å². The molecule has 0 atom stereocenters. The predicted molar refractivity (Wildman–Crippen MR) is 90.7 cm³/mol. The third-order valence-electron chi connectivity index (χ3n) is 4.29. The van der Waals surface area contributed by atoms with Crippen LogP contribution in [0.5, 0.6) is 0 Å². The minimum absolute atomic E-state index is 0.00772. The van der Waals surface area contributed by atoms with Gasteiger partial charge in [0.15, 0.2) is 5.76 Å². The van der Waals surface area contributed by atoms with E-state index in [1.54, 1.807) is 17.0 Å². The quantitative estimate of drug-likeness (QED) is 0.703. The Morgan fingerprint density at radius 2 is 2.04 bits per heavy atom. The van der Waals surface area contributed by atoms with Crippen LogP contribution < -0.4 is 5.32 Å². The van der Waals surface area contributed by atoms with Crippen molar-refractivity contribution in [3.8, 4) is 0 Å². The summed E-state index contributed by atoms with van der Waals surface area (Å²) in [5, 5.41) is 2.97. The molecule has 1 aliphatic rings. The number of nitrogens with zero attached hydrogens (tertiary/aromatic N) is 1. The first-order valence-electron chi connectivity index (χ1n) is 8.90. The molecule has 134 valence electrons. The Morgan fingerprint density at radius 3 is 2.71 bits per heavy atom. The Bertz CT molecular complexity index is 493. The van der Waals surface area contributed by atoms with Crippen LogP contribution in [0.15, 0.2) is 22.8 Å². The molecule has 1 aromatic rings. The van der Waals surface area contributed by atoms with Crippen LogP contribution in [-0.4, -0.2) is 49.6 Å². The summed E-state index contributed by atoms with van der Waals surface area (Å²) in [6.07, 6.45) is 5.96. The number of carbonyl (C=O) groups is 2. The summed E-state index contributed by atoms with van der Waals surface area (Å²) >= 11 is 0. The van der Waals surface area contributed by atoms with E-state index in [1.165, 1.54) is 6.26 Å². The number of unbranched alkanes of at least 4 members (excludes halogenated alkanes) is 1. The van der Waals surface area contributed by atoms with Crippen LogP contribution in [0.2, 0.25) is 0 Å². The molecule has 0 aromatic carbocycles. The maximum absolute atomic E-state index is 12.2. The second-order valence-corrected chi connectivity index (χ2v) is 6.15. The van der Waals surface area contributed by atoms with Gasteiger partial charge in [-0.1, -0.05) is 13.3 Å². The van der Waals surface area contributed by atoms with Crippen LogP contribution in [-0.2, 0) is 9.53 Å². The molecule has 0 aliphatic carbocycles. The zero-order valence-corrected chi connectivity index (χ0v) is 14.5. The number of rotatable bonds is 9. The van der Waals surface area contributed by atoms with E-state index >= 15 is 0 Å². The van der Waals surface area contributed by atoms with Crippen molar-refractivity contribution in [1.82, 2.24) is 10.2 Å². The number of ether oxygens (including phenoxy) is 1. The maximum atomic E-state index is 12.2. The number of carbonyl (C=O) groups excluding carboxylic acids is 2. The van der Waals surface area contributed by atoms with Crippen LogP contribution in [0.25, 0.3) is 0 Å². The summed E-state index contributed by atoms with van der Waals surface area (Å²) in [5.74, 6) is 0.351. The fourth-order valence-corrected chi connectivity index (χ4v) is 2.78. The lowest BCUT2D eigenvalue weighted by Gasteiger charge is -2.30. The van der Waals surface area contributed by atoms with E-state index < -0.39 is 0 Å². The zero-order valence-electron chi connectivity index (χ0n) is 14.5. The highest BCUT2D eigenvalue weighted by Crippen LogP contribution is 2.19. The van der Waals surface area contributed by atoms with Crippen molar-refractivity contribution in [2.45, 2.75) is 39.0 Å². The first kappa shape index (κ1) is 18.5. The number of hydrogen-bond donors (Lipinski definition) is 1. The number of likely N-dealkylation sites (tertiary alicyclic amines) is 1. The van der Waals surface area contributed by atoms with Crippen molar-refractivity contribution < 1.29 is 18.7 Å². The lowest BCUT2D eigenvalue weighted by Crippen LogP contribution is -2.43. The maximum Gasteiger partial charge on any atom is 0.289 e. The molecule has 2 heterocycles. The fraction of sp³-hybridized carbons (Fsp3) is 0.667. The second kappa shape index (κ2) is 10.1. The van der Waals surface area contributed by atoms with Gasteiger partial charge < -0.3 is 19.4 Å². The van der Waals surface area contributed by atoms with E-state index in [4.69, 9.17) is 9.15 Å². The SMILES string of the molecule is CCCCOCCCNC(=O)C1CCN(C(=O)c2ccco2)CC1. The van der Waals surface area contributed by atoms with Gasteiger partial charge >= 0.3 is 0 Å². The van der Waals surface area contributed by atoms with Crippen LogP contribution in [0.4, 0.5) is 0 Å². The molecule has 2 rings (SSSR count). The van der Waals surface area contributed by atoms with E-state index in [2.05, 4.69) is 12.2 Å². The summed E-state index contributed by atoms with van der Waals surface area (Å²) in [6.45, 7) is 5.46. The monoisotopic (exact) mass is 336 g/mol. The normalized spacial score (nSPS) is 15.5. The summed E-state index contributed by atoms with van der Waals surface area (Å²) in [6, 6.07) is 3.38. The molecule has 1 aromatic heterocycles. The van der Waals surface area contributed by atoms with Gasteiger partial charge in [-0.05, 0) is 37.8 Å². The van der Waals surface area contributed by atoms with Gasteiger partial charge in [0.05, 0.1) is 6.26 Å². The van der Waals surface area contributed by atoms with Gasteiger partial charge in [-0.3, -0.25) is 9.59 Å². The molecular formula is C18H28N2O4. The number of nitrogens with one attached hydrogen (secondary N) is 1. The summed E-state index contributed by atoms with van der Waals surface area (Å²) in [4.78, 5) is 26.1. The molecule has 1 N–H and O–H groups in total. The van der Waals surface area contributed by atoms with Gasteiger partial charge in [0, 0.05) is 38.8 Å². The standard InChI is InChI=1S/C18H28N2O4/c1-2-3-12-23-13-5-9-19-17(21)15-7-10-20(11-8-15)18(22)16-6-4-14-24-16/h4,6,14-15H,2-3,5,7-13H2,1H3,(H,19,21). The Kier molecular flexibility index (Phi) is 7.82. The van der Waals surface area contributed by atoms with Gasteiger partial charge in [-0.2, -0.15) is 0 Å². The fourth-order valence-electron chi connectivity index (χ4n) is 2.78. The van der Waals surface area contributed by atoms with Gasteiger partial charge in [-0.25, -0.2) is 0 Å². The molecule has 1 fully saturated rings. The molecule has 0 radical (unpaired) electrons. The molecule has 0 bridgehead atoms. The number of hydrogen-bond acceptors (Lipinski definition) is 4. The van der Waals surface area contributed by atoms with Gasteiger partial charge in [-0.15, -0.1) is 0 Å². The van der Waals surface area contributed by atoms with Crippen molar-refractivity contribution >= 4 is 11.8 Å². The Balaban J connectivity index is 1.60. The van der Waals surface area contributed by atoms with E-state index in [9.17, 15) is 9.59 Å². The molecule has 6 heteroatoms. The molecule has 6 nitrogen and oxygen atoms in total. The lowest BCUT2D eigenvalue weighted by molar-refractivity contribution is -0.126. The van der Waals surface area contributed by atoms with Crippen molar-refractivity contribution in [3.05, 3.63) is 24.2 Å². The van der Waals surface area contributed by atoms with Crippen molar-refractivity contribution in [2.75, 3.05) is 32.8 Å². The lowest BCUT2D eigenvalue weighted by atomic mass is 9.95. The number of furan rings is 1. The third kappa shape index (κ3) is 5.67. The van der Waals surface area contributed by atoms with Crippen molar-refractivity contribution in [1.29, 1.82) is 0 Å². The first-order valence-corrected chi connectivity index (χ1v) is 8.90. The van der Waals surface area contributed by atoms with Gasteiger partial charge in [0.2, 0.25) is 5.91 Å². The van der Waals surface area contributed by atoms with Crippen LogP contribution in [0, 0.1) is 5.92 Å². The highest BCUT2D eigenvalue weighted by molar-refractivity contribution is 5.91. The minimum atomic E-state index is -0.0944. The first-order chi connectivity index (χ1) is 11.7. The Labute approximate surface area is 143 Å². The van der Waals surface area contributed by atoms with E-state index in [0.29, 0.717) is 44.8 Å². The molecule has 0 spiro atoms. The second-order valence-electron chi connectivity index (χ2n) is 6.15. The van der Waals surface area contributed by atoms with Crippen LogP contribution in [0.1, 0.15) is 49.6 Å². The average molecular weight is 336 g/mol.